The number of aromatic nitrogens is 1. The summed E-state index contributed by atoms with van der Waals surface area (Å²) in [5, 5.41) is 9.21. The number of rotatable bonds is 6. The van der Waals surface area contributed by atoms with Crippen molar-refractivity contribution in [3.8, 4) is 0 Å². The molecular weight excluding hydrogens is 344 g/mol. The average molecular weight is 374 g/mol. The van der Waals surface area contributed by atoms with Gasteiger partial charge in [0.2, 0.25) is 5.91 Å². The molecule has 2 aliphatic rings. The molecule has 1 aromatic heterocycles. The highest BCUT2D eigenvalue weighted by Gasteiger charge is 2.32. The highest BCUT2D eigenvalue weighted by Crippen LogP contribution is 2.29. The number of carbonyl (C=O) groups is 2. The summed E-state index contributed by atoms with van der Waals surface area (Å²) in [6.45, 7) is 7.84. The summed E-state index contributed by atoms with van der Waals surface area (Å²) in [6, 6.07) is 5.99. The number of pyridine rings is 1. The Labute approximate surface area is 161 Å². The van der Waals surface area contributed by atoms with Crippen LogP contribution in [-0.4, -0.2) is 77.6 Å². The minimum absolute atomic E-state index is 0.0951. The summed E-state index contributed by atoms with van der Waals surface area (Å²) >= 11 is 0. The molecule has 1 N–H and O–H groups in total. The van der Waals surface area contributed by atoms with Crippen molar-refractivity contribution in [2.75, 3.05) is 50.7 Å². The van der Waals surface area contributed by atoms with Crippen molar-refractivity contribution in [2.45, 2.75) is 26.2 Å². The monoisotopic (exact) mass is 374 g/mol. The summed E-state index contributed by atoms with van der Waals surface area (Å²) in [7, 11) is 0. The number of likely N-dealkylation sites (tertiary alicyclic amines) is 1. The zero-order valence-corrected chi connectivity index (χ0v) is 16.1. The summed E-state index contributed by atoms with van der Waals surface area (Å²) in [4.78, 5) is 34.0. The number of anilines is 1. The first-order valence-electron chi connectivity index (χ1n) is 9.88. The lowest BCUT2D eigenvalue weighted by Gasteiger charge is -2.40. The molecule has 2 unspecified atom stereocenters. The number of aliphatic carboxylic acids is 1. The topological polar surface area (TPSA) is 77.0 Å². The molecule has 0 aliphatic carbocycles. The van der Waals surface area contributed by atoms with Gasteiger partial charge in [-0.25, -0.2) is 4.98 Å². The van der Waals surface area contributed by atoms with E-state index in [2.05, 4.69) is 14.8 Å². The van der Waals surface area contributed by atoms with E-state index in [-0.39, 0.29) is 24.2 Å². The summed E-state index contributed by atoms with van der Waals surface area (Å²) in [6.07, 6.45) is 3.79. The van der Waals surface area contributed by atoms with Gasteiger partial charge in [0.05, 0.1) is 0 Å². The van der Waals surface area contributed by atoms with Crippen LogP contribution < -0.4 is 4.90 Å². The van der Waals surface area contributed by atoms with Crippen molar-refractivity contribution in [2.24, 2.45) is 11.8 Å². The molecule has 27 heavy (non-hydrogen) atoms. The van der Waals surface area contributed by atoms with E-state index in [1.54, 1.807) is 6.92 Å². The Balaban J connectivity index is 1.49. The van der Waals surface area contributed by atoms with Gasteiger partial charge in [-0.15, -0.1) is 0 Å². The number of piperidine rings is 1. The largest absolute Gasteiger partial charge is 0.481 e. The van der Waals surface area contributed by atoms with Crippen LogP contribution in [0.2, 0.25) is 0 Å². The number of piperazine rings is 1. The van der Waals surface area contributed by atoms with Crippen LogP contribution >= 0.6 is 0 Å². The van der Waals surface area contributed by atoms with Crippen LogP contribution in [0, 0.1) is 11.8 Å². The first kappa shape index (κ1) is 19.6. The zero-order chi connectivity index (χ0) is 19.2. The van der Waals surface area contributed by atoms with Crippen molar-refractivity contribution in [3.63, 3.8) is 0 Å². The Bertz CT molecular complexity index is 631. The second-order valence-corrected chi connectivity index (χ2v) is 7.68. The Morgan fingerprint density at radius 3 is 2.56 bits per heavy atom. The van der Waals surface area contributed by atoms with Crippen LogP contribution in [0.5, 0.6) is 0 Å². The van der Waals surface area contributed by atoms with Crippen molar-refractivity contribution in [3.05, 3.63) is 24.4 Å². The van der Waals surface area contributed by atoms with Gasteiger partial charge in [-0.3, -0.25) is 14.5 Å². The van der Waals surface area contributed by atoms with Gasteiger partial charge in [-0.1, -0.05) is 6.07 Å². The fourth-order valence-electron chi connectivity index (χ4n) is 4.28. The molecule has 0 bridgehead atoms. The molecule has 2 aliphatic heterocycles. The lowest BCUT2D eigenvalue weighted by Crippen LogP contribution is -2.48. The molecule has 2 fully saturated rings. The Kier molecular flexibility index (Phi) is 6.66. The van der Waals surface area contributed by atoms with Crippen LogP contribution in [0.3, 0.4) is 0 Å². The Morgan fingerprint density at radius 2 is 1.93 bits per heavy atom. The van der Waals surface area contributed by atoms with Crippen LogP contribution in [0.4, 0.5) is 5.82 Å². The van der Waals surface area contributed by atoms with E-state index in [0.717, 1.165) is 51.4 Å². The number of nitrogens with zero attached hydrogens (tertiary/aromatic N) is 4. The number of carbonyl (C=O) groups excluding carboxylic acids is 1. The van der Waals surface area contributed by atoms with Gasteiger partial charge >= 0.3 is 5.97 Å². The predicted octanol–water partition coefficient (Wildman–Crippen LogP) is 1.55. The number of hydrogen-bond acceptors (Lipinski definition) is 5. The molecule has 3 heterocycles. The van der Waals surface area contributed by atoms with Crippen molar-refractivity contribution < 1.29 is 14.7 Å². The first-order valence-corrected chi connectivity index (χ1v) is 9.88. The lowest BCUT2D eigenvalue weighted by atomic mass is 9.81. The molecule has 1 aromatic rings. The van der Waals surface area contributed by atoms with Gasteiger partial charge in [0, 0.05) is 58.8 Å². The molecule has 7 heteroatoms. The minimum Gasteiger partial charge on any atom is -0.481 e. The third-order valence-corrected chi connectivity index (χ3v) is 5.94. The third kappa shape index (κ3) is 5.42. The third-order valence-electron chi connectivity index (χ3n) is 5.94. The fourth-order valence-corrected chi connectivity index (χ4v) is 4.28. The predicted molar refractivity (Wildman–Crippen MR) is 104 cm³/mol. The molecule has 7 nitrogen and oxygen atoms in total. The van der Waals surface area contributed by atoms with Gasteiger partial charge in [0.1, 0.15) is 5.82 Å². The summed E-state index contributed by atoms with van der Waals surface area (Å²) in [5.74, 6) is 0.839. The van der Waals surface area contributed by atoms with Crippen LogP contribution in [-0.2, 0) is 9.59 Å². The molecule has 3 rings (SSSR count). The van der Waals surface area contributed by atoms with Crippen molar-refractivity contribution in [1.82, 2.24) is 14.8 Å². The standard InChI is InChI=1S/C20H30N4O3/c1-16(25)24-9-6-17(14-20(26)27)18(15-24)5-8-22-10-12-23(13-11-22)19-4-2-3-7-21-19/h2-4,7,17-18H,5-6,8-15H2,1H3,(H,26,27). The van der Waals surface area contributed by atoms with Crippen LogP contribution in [0.25, 0.3) is 0 Å². The van der Waals surface area contributed by atoms with Crippen molar-refractivity contribution in [1.29, 1.82) is 0 Å². The van der Waals surface area contributed by atoms with E-state index in [4.69, 9.17) is 0 Å². The first-order chi connectivity index (χ1) is 13.0. The number of hydrogen-bond donors (Lipinski definition) is 1. The number of amides is 1. The van der Waals surface area contributed by atoms with Gasteiger partial charge in [-0.2, -0.15) is 0 Å². The number of carboxylic acid groups (broad SMARTS) is 1. The second-order valence-electron chi connectivity index (χ2n) is 7.68. The fraction of sp³-hybridized carbons (Fsp3) is 0.650. The van der Waals surface area contributed by atoms with E-state index in [0.29, 0.717) is 13.1 Å². The Morgan fingerprint density at radius 1 is 1.15 bits per heavy atom. The van der Waals surface area contributed by atoms with E-state index in [1.165, 1.54) is 0 Å². The molecule has 2 atom stereocenters. The SMILES string of the molecule is CC(=O)N1CCC(CC(=O)O)C(CCN2CCN(c3ccccn3)CC2)C1. The smallest absolute Gasteiger partial charge is 0.303 e. The van der Waals surface area contributed by atoms with E-state index in [1.807, 2.05) is 29.3 Å². The maximum absolute atomic E-state index is 11.7. The van der Waals surface area contributed by atoms with E-state index in [9.17, 15) is 14.7 Å². The molecule has 148 valence electrons. The average Bonchev–Trinajstić information content (AvgIpc) is 2.67. The van der Waals surface area contributed by atoms with Gasteiger partial charge in [0.25, 0.3) is 0 Å². The normalized spacial score (nSPS) is 24.0. The van der Waals surface area contributed by atoms with Crippen LogP contribution in [0.1, 0.15) is 26.2 Å². The zero-order valence-electron chi connectivity index (χ0n) is 16.1. The highest BCUT2D eigenvalue weighted by molar-refractivity contribution is 5.73. The van der Waals surface area contributed by atoms with Crippen LogP contribution in [0.15, 0.2) is 24.4 Å². The van der Waals surface area contributed by atoms with Gasteiger partial charge in [-0.05, 0) is 43.4 Å². The van der Waals surface area contributed by atoms with Crippen molar-refractivity contribution >= 4 is 17.7 Å². The molecule has 2 saturated heterocycles. The lowest BCUT2D eigenvalue weighted by molar-refractivity contribution is -0.139. The van der Waals surface area contributed by atoms with E-state index < -0.39 is 5.97 Å². The molecular formula is C20H30N4O3. The summed E-state index contributed by atoms with van der Waals surface area (Å²) in [5.41, 5.74) is 0. The molecule has 1 amide bonds. The quantitative estimate of drug-likeness (QED) is 0.814. The van der Waals surface area contributed by atoms with E-state index >= 15 is 0 Å². The van der Waals surface area contributed by atoms with Gasteiger partial charge < -0.3 is 14.9 Å². The maximum atomic E-state index is 11.7. The maximum Gasteiger partial charge on any atom is 0.303 e. The molecule has 0 radical (unpaired) electrons. The minimum atomic E-state index is -0.731. The second kappa shape index (κ2) is 9.17. The number of carboxylic acids is 1. The molecule has 0 saturated carbocycles. The summed E-state index contributed by atoms with van der Waals surface area (Å²) < 4.78 is 0. The Hall–Kier alpha value is -2.15. The highest BCUT2D eigenvalue weighted by atomic mass is 16.4. The molecule has 0 aromatic carbocycles. The molecule has 0 spiro atoms. The van der Waals surface area contributed by atoms with Gasteiger partial charge in [0.15, 0.2) is 0 Å².